The van der Waals surface area contributed by atoms with Crippen molar-refractivity contribution in [3.05, 3.63) is 29.8 Å². The van der Waals surface area contributed by atoms with Crippen LogP contribution in [0.15, 0.2) is 24.3 Å². The molecule has 0 saturated heterocycles. The Hall–Kier alpha value is -1.07. The molecule has 1 unspecified atom stereocenters. The number of nitrogens with one attached hydrogen (secondary N) is 2. The van der Waals surface area contributed by atoms with Gasteiger partial charge < -0.3 is 5.32 Å². The van der Waals surface area contributed by atoms with Crippen LogP contribution in [0.5, 0.6) is 0 Å². The van der Waals surface area contributed by atoms with E-state index >= 15 is 0 Å². The molecule has 18 heavy (non-hydrogen) atoms. The Morgan fingerprint density at radius 1 is 1.39 bits per heavy atom. The van der Waals surface area contributed by atoms with Crippen LogP contribution in [-0.2, 0) is 10.0 Å². The van der Waals surface area contributed by atoms with Crippen LogP contribution in [0.4, 0.5) is 5.69 Å². The van der Waals surface area contributed by atoms with E-state index in [2.05, 4.69) is 22.2 Å². The van der Waals surface area contributed by atoms with Gasteiger partial charge in [0, 0.05) is 24.7 Å². The van der Waals surface area contributed by atoms with Gasteiger partial charge in [-0.1, -0.05) is 25.1 Å². The van der Waals surface area contributed by atoms with Crippen LogP contribution in [0, 0.1) is 0 Å². The van der Waals surface area contributed by atoms with Crippen LogP contribution >= 0.6 is 0 Å². The van der Waals surface area contributed by atoms with Gasteiger partial charge in [0.25, 0.3) is 0 Å². The van der Waals surface area contributed by atoms with Gasteiger partial charge in [0.2, 0.25) is 10.0 Å². The molecule has 1 aromatic carbocycles. The normalized spacial score (nSPS) is 18.4. The molecule has 0 bridgehead atoms. The van der Waals surface area contributed by atoms with Crippen LogP contribution in [0.1, 0.15) is 31.2 Å². The first-order valence-electron chi connectivity index (χ1n) is 6.42. The third-order valence-corrected chi connectivity index (χ3v) is 4.82. The fourth-order valence-corrected chi connectivity index (χ4v) is 3.45. The summed E-state index contributed by atoms with van der Waals surface area (Å²) >= 11 is 0. The quantitative estimate of drug-likeness (QED) is 0.828. The maximum absolute atomic E-state index is 11.5. The van der Waals surface area contributed by atoms with E-state index in [0.717, 1.165) is 13.0 Å². The second kappa shape index (κ2) is 5.71. The molecule has 0 spiro atoms. The van der Waals surface area contributed by atoms with Gasteiger partial charge in [-0.3, -0.25) is 0 Å². The highest BCUT2D eigenvalue weighted by Gasteiger charge is 2.21. The summed E-state index contributed by atoms with van der Waals surface area (Å²) in [5, 5.41) is 3.35. The van der Waals surface area contributed by atoms with Crippen molar-refractivity contribution in [3.8, 4) is 0 Å². The van der Waals surface area contributed by atoms with Gasteiger partial charge in [-0.2, -0.15) is 0 Å². The van der Waals surface area contributed by atoms with Crippen LogP contribution in [0.3, 0.4) is 0 Å². The van der Waals surface area contributed by atoms with Gasteiger partial charge in [0.15, 0.2) is 0 Å². The Morgan fingerprint density at radius 3 is 2.94 bits per heavy atom. The molecular weight excluding hydrogens is 248 g/mol. The zero-order valence-corrected chi connectivity index (χ0v) is 11.5. The number of hydrogen-bond donors (Lipinski definition) is 2. The smallest absolute Gasteiger partial charge is 0.211 e. The molecule has 0 amide bonds. The van der Waals surface area contributed by atoms with Crippen molar-refractivity contribution in [1.29, 1.82) is 0 Å². The third-order valence-electron chi connectivity index (χ3n) is 3.23. The highest BCUT2D eigenvalue weighted by molar-refractivity contribution is 7.89. The average Bonchev–Trinajstić information content (AvgIpc) is 2.73. The van der Waals surface area contributed by atoms with E-state index in [1.807, 2.05) is 19.1 Å². The van der Waals surface area contributed by atoms with Gasteiger partial charge in [0.05, 0.1) is 5.75 Å². The highest BCUT2D eigenvalue weighted by Crippen LogP contribution is 2.32. The molecule has 0 saturated carbocycles. The molecule has 0 radical (unpaired) electrons. The first-order valence-corrected chi connectivity index (χ1v) is 8.08. The largest absolute Gasteiger partial charge is 0.384 e. The van der Waals surface area contributed by atoms with Crippen molar-refractivity contribution in [2.45, 2.75) is 25.7 Å². The van der Waals surface area contributed by atoms with E-state index in [1.165, 1.54) is 11.3 Å². The Morgan fingerprint density at radius 2 is 2.17 bits per heavy atom. The number of sulfonamides is 1. The summed E-state index contributed by atoms with van der Waals surface area (Å²) in [5.74, 6) is 0.623. The van der Waals surface area contributed by atoms with Crippen molar-refractivity contribution in [1.82, 2.24) is 4.72 Å². The minimum absolute atomic E-state index is 0.215. The van der Waals surface area contributed by atoms with Gasteiger partial charge in [-0.15, -0.1) is 0 Å². The number of para-hydroxylation sites is 1. The lowest BCUT2D eigenvalue weighted by molar-refractivity contribution is 0.571. The second-order valence-electron chi connectivity index (χ2n) is 4.67. The molecule has 1 aromatic rings. The monoisotopic (exact) mass is 268 g/mol. The molecule has 0 aliphatic carbocycles. The Labute approximate surface area is 109 Å². The lowest BCUT2D eigenvalue weighted by Crippen LogP contribution is -2.28. The molecule has 5 heteroatoms. The molecular formula is C13H20N2O2S. The Balaban J connectivity index is 1.86. The van der Waals surface area contributed by atoms with Crippen LogP contribution in [0.2, 0.25) is 0 Å². The van der Waals surface area contributed by atoms with E-state index in [0.29, 0.717) is 18.9 Å². The predicted molar refractivity (Wildman–Crippen MR) is 74.4 cm³/mol. The first kappa shape index (κ1) is 13.4. The van der Waals surface area contributed by atoms with Crippen molar-refractivity contribution >= 4 is 15.7 Å². The first-order chi connectivity index (χ1) is 8.62. The van der Waals surface area contributed by atoms with Gasteiger partial charge in [-0.05, 0) is 24.5 Å². The highest BCUT2D eigenvalue weighted by atomic mass is 32.2. The lowest BCUT2D eigenvalue weighted by Gasteiger charge is -2.11. The SMILES string of the molecule is CCCS(=O)(=O)NCCC1CNc2ccccc21. The fraction of sp³-hybridized carbons (Fsp3) is 0.538. The molecule has 2 rings (SSSR count). The topological polar surface area (TPSA) is 58.2 Å². The molecule has 0 aromatic heterocycles. The maximum Gasteiger partial charge on any atom is 0.211 e. The van der Waals surface area contributed by atoms with E-state index in [-0.39, 0.29) is 5.75 Å². The molecule has 1 heterocycles. The van der Waals surface area contributed by atoms with Crippen LogP contribution in [0.25, 0.3) is 0 Å². The molecule has 2 N–H and O–H groups in total. The Kier molecular flexibility index (Phi) is 4.24. The summed E-state index contributed by atoms with van der Waals surface area (Å²) in [4.78, 5) is 0. The summed E-state index contributed by atoms with van der Waals surface area (Å²) in [6, 6.07) is 8.22. The minimum Gasteiger partial charge on any atom is -0.384 e. The number of fused-ring (bicyclic) bond motifs is 1. The maximum atomic E-state index is 11.5. The standard InChI is InChI=1S/C13H20N2O2S/c1-2-9-18(16,17)15-8-7-11-10-14-13-6-4-3-5-12(11)13/h3-6,11,14-15H,2,7-10H2,1H3. The summed E-state index contributed by atoms with van der Waals surface area (Å²) in [6.45, 7) is 3.29. The lowest BCUT2D eigenvalue weighted by atomic mass is 9.98. The number of hydrogen-bond acceptors (Lipinski definition) is 3. The van der Waals surface area contributed by atoms with E-state index < -0.39 is 10.0 Å². The Bertz CT molecular complexity index is 499. The number of benzene rings is 1. The van der Waals surface area contributed by atoms with Crippen molar-refractivity contribution in [2.24, 2.45) is 0 Å². The van der Waals surface area contributed by atoms with Crippen molar-refractivity contribution in [3.63, 3.8) is 0 Å². The summed E-state index contributed by atoms with van der Waals surface area (Å²) in [6.07, 6.45) is 1.50. The molecule has 100 valence electrons. The average molecular weight is 268 g/mol. The molecule has 1 atom stereocenters. The van der Waals surface area contributed by atoms with E-state index in [1.54, 1.807) is 0 Å². The molecule has 4 nitrogen and oxygen atoms in total. The van der Waals surface area contributed by atoms with Gasteiger partial charge in [0.1, 0.15) is 0 Å². The third kappa shape index (κ3) is 3.23. The molecule has 0 fully saturated rings. The zero-order valence-electron chi connectivity index (χ0n) is 10.6. The van der Waals surface area contributed by atoms with E-state index in [4.69, 9.17) is 0 Å². The molecule has 1 aliphatic heterocycles. The summed E-state index contributed by atoms with van der Waals surface area (Å²) in [5.41, 5.74) is 2.48. The number of rotatable bonds is 6. The fourth-order valence-electron chi connectivity index (χ4n) is 2.34. The van der Waals surface area contributed by atoms with Crippen LogP contribution < -0.4 is 10.0 Å². The second-order valence-corrected chi connectivity index (χ2v) is 6.59. The van der Waals surface area contributed by atoms with Gasteiger partial charge in [-0.25, -0.2) is 13.1 Å². The van der Waals surface area contributed by atoms with Crippen LogP contribution in [-0.4, -0.2) is 27.3 Å². The minimum atomic E-state index is -3.07. The van der Waals surface area contributed by atoms with Crippen molar-refractivity contribution in [2.75, 3.05) is 24.2 Å². The molecule has 1 aliphatic rings. The van der Waals surface area contributed by atoms with Crippen molar-refractivity contribution < 1.29 is 8.42 Å². The number of anilines is 1. The predicted octanol–water partition coefficient (Wildman–Crippen LogP) is 1.92. The summed E-state index contributed by atoms with van der Waals surface area (Å²) < 4.78 is 25.7. The van der Waals surface area contributed by atoms with Gasteiger partial charge >= 0.3 is 0 Å². The van der Waals surface area contributed by atoms with E-state index in [9.17, 15) is 8.42 Å². The summed E-state index contributed by atoms with van der Waals surface area (Å²) in [7, 11) is -3.07. The zero-order chi connectivity index (χ0) is 13.0.